The summed E-state index contributed by atoms with van der Waals surface area (Å²) >= 11 is 3.82. The smallest absolute Gasteiger partial charge is 0.327 e. The van der Waals surface area contributed by atoms with E-state index < -0.39 is 60.4 Å². The Morgan fingerprint density at radius 2 is 1.66 bits per heavy atom. The third kappa shape index (κ3) is 8.91. The van der Waals surface area contributed by atoms with E-state index in [4.69, 9.17) is 16.6 Å². The second-order valence-corrected chi connectivity index (χ2v) is 7.14. The number of carbonyl (C=O) groups is 5. The summed E-state index contributed by atoms with van der Waals surface area (Å²) in [5.74, 6) is -4.73. The molecule has 32 heavy (non-hydrogen) atoms. The lowest BCUT2D eigenvalue weighted by atomic mass is 10.1. The molecule has 0 aliphatic rings. The third-order valence-corrected chi connectivity index (χ3v) is 4.63. The maximum atomic E-state index is 12.8. The molecule has 1 aromatic rings. The number of aliphatic carboxylic acids is 1. The van der Waals surface area contributed by atoms with Gasteiger partial charge in [0.15, 0.2) is 0 Å². The average molecular weight is 474 g/mol. The number of hydrogen-bond donors (Lipinski definition) is 9. The van der Waals surface area contributed by atoms with Gasteiger partial charge in [0.2, 0.25) is 23.6 Å². The molecule has 0 saturated heterocycles. The number of imidazole rings is 1. The van der Waals surface area contributed by atoms with Gasteiger partial charge in [-0.1, -0.05) is 0 Å². The molecule has 1 aromatic heterocycles. The minimum atomic E-state index is -1.49. The number of hydrogen-bond acceptors (Lipinski definition) is 9. The number of carbonyl (C=O) groups excluding carboxylic acids is 4. The van der Waals surface area contributed by atoms with Crippen molar-refractivity contribution in [2.45, 2.75) is 43.4 Å². The van der Waals surface area contributed by atoms with Gasteiger partial charge in [0.1, 0.15) is 18.1 Å². The lowest BCUT2D eigenvalue weighted by molar-refractivity contribution is -0.142. The second kappa shape index (κ2) is 13.3. The number of aromatic amines is 1. The fraction of sp³-hybridized carbons (Fsp3) is 0.529. The van der Waals surface area contributed by atoms with Crippen LogP contribution in [0.2, 0.25) is 0 Å². The summed E-state index contributed by atoms with van der Waals surface area (Å²) in [7, 11) is 0. The molecule has 0 spiro atoms. The molecular weight excluding hydrogens is 446 g/mol. The van der Waals surface area contributed by atoms with Crippen LogP contribution in [0, 0.1) is 0 Å². The van der Waals surface area contributed by atoms with E-state index in [1.165, 1.54) is 12.5 Å². The predicted molar refractivity (Wildman–Crippen MR) is 113 cm³/mol. The summed E-state index contributed by atoms with van der Waals surface area (Å²) in [6.45, 7) is -0.834. The van der Waals surface area contributed by atoms with Gasteiger partial charge in [-0.3, -0.25) is 19.2 Å². The van der Waals surface area contributed by atoms with Gasteiger partial charge in [-0.25, -0.2) is 9.78 Å². The van der Waals surface area contributed by atoms with Crippen LogP contribution in [0.25, 0.3) is 0 Å². The molecular formula is C17H27N7O7S. The second-order valence-electron chi connectivity index (χ2n) is 6.78. The van der Waals surface area contributed by atoms with Gasteiger partial charge in [-0.05, 0) is 6.42 Å². The van der Waals surface area contributed by atoms with Crippen molar-refractivity contribution in [3.05, 3.63) is 18.2 Å². The van der Waals surface area contributed by atoms with Crippen LogP contribution in [0.5, 0.6) is 0 Å². The summed E-state index contributed by atoms with van der Waals surface area (Å²) in [4.78, 5) is 65.9. The number of H-pyrrole nitrogens is 1. The molecule has 0 fully saturated rings. The summed E-state index contributed by atoms with van der Waals surface area (Å²) in [6.07, 6.45) is 2.54. The molecule has 4 amide bonds. The largest absolute Gasteiger partial charge is 0.480 e. The first-order chi connectivity index (χ1) is 15.1. The van der Waals surface area contributed by atoms with Crippen LogP contribution < -0.4 is 27.4 Å². The van der Waals surface area contributed by atoms with Gasteiger partial charge in [-0.2, -0.15) is 12.6 Å². The first-order valence-corrected chi connectivity index (χ1v) is 10.1. The van der Waals surface area contributed by atoms with Crippen molar-refractivity contribution in [2.24, 2.45) is 11.5 Å². The zero-order valence-corrected chi connectivity index (χ0v) is 17.9. The highest BCUT2D eigenvalue weighted by molar-refractivity contribution is 7.80. The Hall–Kier alpha value is -3.17. The summed E-state index contributed by atoms with van der Waals surface area (Å²) in [5, 5.41) is 25.3. The number of nitrogens with one attached hydrogen (secondary N) is 4. The van der Waals surface area contributed by atoms with E-state index in [0.717, 1.165) is 0 Å². The highest BCUT2D eigenvalue weighted by atomic mass is 32.1. The average Bonchev–Trinajstić information content (AvgIpc) is 3.25. The van der Waals surface area contributed by atoms with E-state index in [-0.39, 0.29) is 25.0 Å². The highest BCUT2D eigenvalue weighted by Crippen LogP contribution is 2.02. The topological polar surface area (TPSA) is 243 Å². The number of primary amides is 1. The number of amides is 4. The lowest BCUT2D eigenvalue weighted by Crippen LogP contribution is -2.58. The lowest BCUT2D eigenvalue weighted by Gasteiger charge is -2.24. The number of rotatable bonds is 14. The molecule has 1 heterocycles. The Balaban J connectivity index is 2.89. The van der Waals surface area contributed by atoms with E-state index in [1.807, 2.05) is 0 Å². The molecule has 0 bridgehead atoms. The number of aliphatic hydroxyl groups excluding tert-OH is 1. The Morgan fingerprint density at radius 3 is 2.16 bits per heavy atom. The maximum Gasteiger partial charge on any atom is 0.327 e. The molecule has 0 aliphatic carbocycles. The fourth-order valence-corrected chi connectivity index (χ4v) is 2.70. The highest BCUT2D eigenvalue weighted by Gasteiger charge is 2.30. The molecule has 15 heteroatoms. The van der Waals surface area contributed by atoms with Gasteiger partial charge < -0.3 is 42.6 Å². The predicted octanol–water partition coefficient (Wildman–Crippen LogP) is -3.99. The van der Waals surface area contributed by atoms with Crippen molar-refractivity contribution < 1.29 is 34.2 Å². The molecule has 0 radical (unpaired) electrons. The van der Waals surface area contributed by atoms with Crippen molar-refractivity contribution in [1.29, 1.82) is 0 Å². The minimum absolute atomic E-state index is 0.0401. The fourth-order valence-electron chi connectivity index (χ4n) is 2.46. The molecule has 4 unspecified atom stereocenters. The first kappa shape index (κ1) is 26.9. The van der Waals surface area contributed by atoms with Crippen LogP contribution in [0.1, 0.15) is 18.5 Å². The van der Waals surface area contributed by atoms with Crippen molar-refractivity contribution >= 4 is 42.2 Å². The van der Waals surface area contributed by atoms with Gasteiger partial charge in [-0.15, -0.1) is 0 Å². The molecule has 4 atom stereocenters. The van der Waals surface area contributed by atoms with Crippen LogP contribution in [0.4, 0.5) is 0 Å². The quantitative estimate of drug-likeness (QED) is 0.119. The van der Waals surface area contributed by atoms with Crippen LogP contribution in [0.15, 0.2) is 12.5 Å². The molecule has 0 aliphatic heterocycles. The Bertz CT molecular complexity index is 805. The number of aromatic nitrogens is 2. The molecule has 0 aromatic carbocycles. The van der Waals surface area contributed by atoms with E-state index in [0.29, 0.717) is 5.69 Å². The first-order valence-electron chi connectivity index (χ1n) is 9.45. The Morgan fingerprint density at radius 1 is 1.06 bits per heavy atom. The van der Waals surface area contributed by atoms with Gasteiger partial charge >= 0.3 is 5.97 Å². The molecule has 0 saturated carbocycles. The van der Waals surface area contributed by atoms with Crippen LogP contribution in [-0.2, 0) is 30.4 Å². The summed E-state index contributed by atoms with van der Waals surface area (Å²) < 4.78 is 0. The van der Waals surface area contributed by atoms with Gasteiger partial charge in [0, 0.05) is 30.5 Å². The van der Waals surface area contributed by atoms with Crippen LogP contribution in [0.3, 0.4) is 0 Å². The van der Waals surface area contributed by atoms with E-state index >= 15 is 0 Å². The number of nitrogens with zero attached hydrogens (tertiary/aromatic N) is 1. The zero-order chi connectivity index (χ0) is 24.3. The zero-order valence-electron chi connectivity index (χ0n) is 17.0. The van der Waals surface area contributed by atoms with Crippen molar-refractivity contribution in [3.8, 4) is 0 Å². The number of carboxylic acid groups (broad SMARTS) is 1. The van der Waals surface area contributed by atoms with Crippen molar-refractivity contribution in [1.82, 2.24) is 25.9 Å². The molecule has 14 nitrogen and oxygen atoms in total. The van der Waals surface area contributed by atoms with Crippen LogP contribution >= 0.6 is 12.6 Å². The number of carboxylic acids is 1. The number of aliphatic hydroxyl groups is 1. The molecule has 1 rings (SSSR count). The SMILES string of the molecule is NC(=O)CCC(N)C(=O)NC(Cc1cnc[nH]1)C(=O)NC(CO)C(=O)NC(CS)C(=O)O. The summed E-state index contributed by atoms with van der Waals surface area (Å²) in [5.41, 5.74) is 11.2. The maximum absolute atomic E-state index is 12.8. The van der Waals surface area contributed by atoms with Crippen LogP contribution in [-0.4, -0.2) is 86.3 Å². The number of thiol groups is 1. The van der Waals surface area contributed by atoms with E-state index in [9.17, 15) is 29.1 Å². The molecule has 178 valence electrons. The van der Waals surface area contributed by atoms with Crippen molar-refractivity contribution in [3.63, 3.8) is 0 Å². The monoisotopic (exact) mass is 473 g/mol. The Labute approximate surface area is 188 Å². The third-order valence-electron chi connectivity index (χ3n) is 4.26. The van der Waals surface area contributed by atoms with Gasteiger partial charge in [0.25, 0.3) is 0 Å². The standard InChI is InChI=1S/C17H27N7O7S/c18-9(1-2-13(19)26)14(27)22-10(3-8-4-20-7-21-8)15(28)23-11(5-25)16(29)24-12(6-32)17(30)31/h4,7,9-12,25,32H,1-3,5-6,18H2,(H2,19,26)(H,20,21)(H,22,27)(H,23,28)(H,24,29)(H,30,31). The van der Waals surface area contributed by atoms with Gasteiger partial charge in [0.05, 0.1) is 19.0 Å². The van der Waals surface area contributed by atoms with E-state index in [2.05, 4.69) is 38.5 Å². The number of nitrogens with two attached hydrogens (primary N) is 2. The minimum Gasteiger partial charge on any atom is -0.480 e. The summed E-state index contributed by atoms with van der Waals surface area (Å²) in [6, 6.07) is -5.18. The Kier molecular flexibility index (Phi) is 11.2. The van der Waals surface area contributed by atoms with E-state index in [1.54, 1.807) is 0 Å². The molecule has 10 N–H and O–H groups in total. The van der Waals surface area contributed by atoms with Crippen molar-refractivity contribution in [2.75, 3.05) is 12.4 Å². The normalized spacial score (nSPS) is 14.5.